The first-order valence-corrected chi connectivity index (χ1v) is 5.76. The van der Waals surface area contributed by atoms with Gasteiger partial charge in [-0.05, 0) is 24.1 Å². The van der Waals surface area contributed by atoms with E-state index in [2.05, 4.69) is 10.4 Å². The molecule has 1 aromatic carbocycles. The second-order valence-corrected chi connectivity index (χ2v) is 4.37. The Bertz CT molecular complexity index is 427. The lowest BCUT2D eigenvalue weighted by molar-refractivity contribution is 0.558. The Morgan fingerprint density at radius 2 is 2.12 bits per heavy atom. The summed E-state index contributed by atoms with van der Waals surface area (Å²) in [6.45, 7) is 0. The third-order valence-corrected chi connectivity index (χ3v) is 3.24. The number of hydrogen-bond acceptors (Lipinski definition) is 4. The van der Waals surface area contributed by atoms with Gasteiger partial charge in [0.1, 0.15) is 5.82 Å². The van der Waals surface area contributed by atoms with Crippen LogP contribution in [0.2, 0.25) is 0 Å². The SMILES string of the molecule is NNC(Cc1ccc(F)cc1)c1cncs1. The second kappa shape index (κ2) is 5.16. The highest BCUT2D eigenvalue weighted by molar-refractivity contribution is 7.09. The summed E-state index contributed by atoms with van der Waals surface area (Å²) in [4.78, 5) is 5.09. The molecule has 0 fully saturated rings. The maximum Gasteiger partial charge on any atom is 0.123 e. The van der Waals surface area contributed by atoms with Crippen LogP contribution in [-0.2, 0) is 6.42 Å². The minimum absolute atomic E-state index is 0.0259. The summed E-state index contributed by atoms with van der Waals surface area (Å²) in [5, 5.41) is 0. The van der Waals surface area contributed by atoms with E-state index in [4.69, 9.17) is 5.84 Å². The van der Waals surface area contributed by atoms with Crippen LogP contribution < -0.4 is 11.3 Å². The molecule has 1 atom stereocenters. The standard InChI is InChI=1S/C11H12FN3S/c12-9-3-1-8(2-4-9)5-10(15-13)11-6-14-7-16-11/h1-4,6-7,10,15H,5,13H2. The second-order valence-electron chi connectivity index (χ2n) is 3.45. The molecule has 0 bridgehead atoms. The van der Waals surface area contributed by atoms with Crippen LogP contribution >= 0.6 is 11.3 Å². The highest BCUT2D eigenvalue weighted by Gasteiger charge is 2.11. The Hall–Kier alpha value is -1.30. The lowest BCUT2D eigenvalue weighted by atomic mass is 10.1. The summed E-state index contributed by atoms with van der Waals surface area (Å²) in [7, 11) is 0. The predicted octanol–water partition coefficient (Wildman–Crippen LogP) is 2.03. The van der Waals surface area contributed by atoms with E-state index in [1.54, 1.807) is 35.2 Å². The number of hydrazine groups is 1. The van der Waals surface area contributed by atoms with Crippen LogP contribution in [-0.4, -0.2) is 4.98 Å². The summed E-state index contributed by atoms with van der Waals surface area (Å²) in [5.74, 6) is 5.27. The highest BCUT2D eigenvalue weighted by Crippen LogP contribution is 2.20. The van der Waals surface area contributed by atoms with Crippen molar-refractivity contribution in [1.82, 2.24) is 10.4 Å². The fourth-order valence-electron chi connectivity index (χ4n) is 1.50. The number of thiazole rings is 1. The van der Waals surface area contributed by atoms with E-state index in [-0.39, 0.29) is 11.9 Å². The van der Waals surface area contributed by atoms with Gasteiger partial charge in [0.2, 0.25) is 0 Å². The van der Waals surface area contributed by atoms with E-state index in [1.165, 1.54) is 12.1 Å². The number of nitrogens with two attached hydrogens (primary N) is 1. The van der Waals surface area contributed by atoms with Crippen molar-refractivity contribution in [1.29, 1.82) is 0 Å². The molecule has 3 N–H and O–H groups in total. The Morgan fingerprint density at radius 1 is 1.38 bits per heavy atom. The summed E-state index contributed by atoms with van der Waals surface area (Å²) in [5.41, 5.74) is 5.55. The van der Waals surface area contributed by atoms with Gasteiger partial charge in [0.05, 0.1) is 11.6 Å². The number of nitrogens with one attached hydrogen (secondary N) is 1. The molecule has 0 aliphatic rings. The van der Waals surface area contributed by atoms with Crippen LogP contribution in [0.3, 0.4) is 0 Å². The largest absolute Gasteiger partial charge is 0.271 e. The molecule has 0 saturated heterocycles. The lowest BCUT2D eigenvalue weighted by Crippen LogP contribution is -2.28. The summed E-state index contributed by atoms with van der Waals surface area (Å²) in [6.07, 6.45) is 2.51. The van der Waals surface area contributed by atoms with Gasteiger partial charge in [0.25, 0.3) is 0 Å². The van der Waals surface area contributed by atoms with E-state index in [1.807, 2.05) is 0 Å². The Labute approximate surface area is 97.1 Å². The zero-order valence-corrected chi connectivity index (χ0v) is 9.38. The quantitative estimate of drug-likeness (QED) is 0.632. The van der Waals surface area contributed by atoms with Crippen molar-refractivity contribution in [2.45, 2.75) is 12.5 Å². The van der Waals surface area contributed by atoms with Crippen molar-refractivity contribution in [3.05, 3.63) is 52.2 Å². The number of halogens is 1. The molecule has 0 aliphatic carbocycles. The highest BCUT2D eigenvalue weighted by atomic mass is 32.1. The number of hydrogen-bond donors (Lipinski definition) is 2. The van der Waals surface area contributed by atoms with Crippen LogP contribution in [0, 0.1) is 5.82 Å². The molecule has 0 aliphatic heterocycles. The molecule has 3 nitrogen and oxygen atoms in total. The van der Waals surface area contributed by atoms with Gasteiger partial charge >= 0.3 is 0 Å². The average molecular weight is 237 g/mol. The van der Waals surface area contributed by atoms with Gasteiger partial charge in [-0.2, -0.15) is 0 Å². The summed E-state index contributed by atoms with van der Waals surface area (Å²) < 4.78 is 12.7. The Kier molecular flexibility index (Phi) is 3.61. The first kappa shape index (κ1) is 11.2. The van der Waals surface area contributed by atoms with Crippen molar-refractivity contribution in [3.8, 4) is 0 Å². The van der Waals surface area contributed by atoms with E-state index in [9.17, 15) is 4.39 Å². The fourth-order valence-corrected chi connectivity index (χ4v) is 2.18. The zero-order valence-electron chi connectivity index (χ0n) is 8.56. The van der Waals surface area contributed by atoms with Gasteiger partial charge in [-0.25, -0.2) is 4.39 Å². The normalized spacial score (nSPS) is 12.6. The van der Waals surface area contributed by atoms with Crippen molar-refractivity contribution in [2.24, 2.45) is 5.84 Å². The molecule has 0 saturated carbocycles. The molecule has 16 heavy (non-hydrogen) atoms. The molecule has 2 rings (SSSR count). The van der Waals surface area contributed by atoms with Crippen LogP contribution in [0.1, 0.15) is 16.5 Å². The molecular formula is C11H12FN3S. The average Bonchev–Trinajstić information content (AvgIpc) is 2.82. The third kappa shape index (κ3) is 2.63. The molecule has 0 radical (unpaired) electrons. The lowest BCUT2D eigenvalue weighted by Gasteiger charge is -2.13. The fraction of sp³-hybridized carbons (Fsp3) is 0.182. The van der Waals surface area contributed by atoms with Gasteiger partial charge < -0.3 is 0 Å². The maximum atomic E-state index is 12.7. The minimum atomic E-state index is -0.223. The third-order valence-electron chi connectivity index (χ3n) is 2.35. The van der Waals surface area contributed by atoms with Gasteiger partial charge in [0, 0.05) is 11.1 Å². The van der Waals surface area contributed by atoms with Crippen molar-refractivity contribution in [2.75, 3.05) is 0 Å². The van der Waals surface area contributed by atoms with E-state index >= 15 is 0 Å². The van der Waals surface area contributed by atoms with Crippen molar-refractivity contribution < 1.29 is 4.39 Å². The molecule has 2 aromatic rings. The summed E-state index contributed by atoms with van der Waals surface area (Å²) in [6, 6.07) is 6.46. The molecule has 0 spiro atoms. The molecule has 5 heteroatoms. The van der Waals surface area contributed by atoms with E-state index in [0.717, 1.165) is 16.9 Å². The Morgan fingerprint density at radius 3 is 2.69 bits per heavy atom. The summed E-state index contributed by atoms with van der Waals surface area (Å²) >= 11 is 1.55. The molecule has 1 aromatic heterocycles. The van der Waals surface area contributed by atoms with Crippen LogP contribution in [0.4, 0.5) is 4.39 Å². The van der Waals surface area contributed by atoms with Gasteiger partial charge in [-0.3, -0.25) is 16.3 Å². The van der Waals surface area contributed by atoms with E-state index in [0.29, 0.717) is 0 Å². The molecular weight excluding hydrogens is 225 g/mol. The van der Waals surface area contributed by atoms with Crippen LogP contribution in [0.25, 0.3) is 0 Å². The number of benzene rings is 1. The number of rotatable bonds is 4. The molecule has 1 heterocycles. The minimum Gasteiger partial charge on any atom is -0.271 e. The van der Waals surface area contributed by atoms with E-state index < -0.39 is 0 Å². The zero-order chi connectivity index (χ0) is 11.4. The molecule has 84 valence electrons. The van der Waals surface area contributed by atoms with Crippen LogP contribution in [0.5, 0.6) is 0 Å². The van der Waals surface area contributed by atoms with Crippen molar-refractivity contribution in [3.63, 3.8) is 0 Å². The number of nitrogens with zero attached hydrogens (tertiary/aromatic N) is 1. The predicted molar refractivity (Wildman–Crippen MR) is 62.3 cm³/mol. The van der Waals surface area contributed by atoms with Crippen LogP contribution in [0.15, 0.2) is 36.0 Å². The maximum absolute atomic E-state index is 12.7. The van der Waals surface area contributed by atoms with Gasteiger partial charge in [-0.1, -0.05) is 12.1 Å². The van der Waals surface area contributed by atoms with Gasteiger partial charge in [-0.15, -0.1) is 11.3 Å². The number of aromatic nitrogens is 1. The Balaban J connectivity index is 2.10. The monoisotopic (exact) mass is 237 g/mol. The first-order valence-electron chi connectivity index (χ1n) is 4.88. The smallest absolute Gasteiger partial charge is 0.123 e. The topological polar surface area (TPSA) is 50.9 Å². The first-order chi connectivity index (χ1) is 7.79. The molecule has 1 unspecified atom stereocenters. The molecule has 0 amide bonds. The van der Waals surface area contributed by atoms with Crippen molar-refractivity contribution >= 4 is 11.3 Å². The van der Waals surface area contributed by atoms with Gasteiger partial charge in [0.15, 0.2) is 0 Å².